The van der Waals surface area contributed by atoms with Crippen LogP contribution in [0.2, 0.25) is 0 Å². The maximum absolute atomic E-state index is 14.8. The number of ether oxygens (including phenoxy) is 3. The fourth-order valence-corrected chi connectivity index (χ4v) is 12.5. The molecule has 5 nitrogen and oxygen atoms in total. The smallest absolute Gasteiger partial charge is 0.416 e. The first-order chi connectivity index (χ1) is 37.8. The van der Waals surface area contributed by atoms with Crippen LogP contribution in [0.5, 0.6) is 17.2 Å². The topological polar surface area (TPSA) is 56.8 Å². The van der Waals surface area contributed by atoms with Crippen LogP contribution in [0.4, 0.5) is 18.9 Å². The summed E-state index contributed by atoms with van der Waals surface area (Å²) in [4.78, 5) is 13.6. The largest absolute Gasteiger partial charge is 0.497 e. The van der Waals surface area contributed by atoms with E-state index in [1.807, 2.05) is 109 Å². The van der Waals surface area contributed by atoms with Gasteiger partial charge in [-0.05, 0) is 172 Å². The number of hydrogen-bond acceptors (Lipinski definition) is 4. The van der Waals surface area contributed by atoms with Gasteiger partial charge in [0.05, 0.1) is 19.3 Å². The number of unbranched alkanes of at least 4 members (excludes halogenated alkanes) is 3. The minimum atomic E-state index is -4.59. The summed E-state index contributed by atoms with van der Waals surface area (Å²) in [6, 6.07) is 50.4. The molecule has 0 radical (unpaired) electrons. The second-order valence-corrected chi connectivity index (χ2v) is 22.2. The van der Waals surface area contributed by atoms with E-state index in [0.717, 1.165) is 85.7 Å². The Hall–Kier alpha value is -7.58. The Morgan fingerprint density at radius 1 is 0.667 bits per heavy atom. The van der Waals surface area contributed by atoms with Crippen molar-refractivity contribution in [3.05, 3.63) is 208 Å². The number of benzene rings is 8. The van der Waals surface area contributed by atoms with Crippen LogP contribution in [0.1, 0.15) is 147 Å². The Morgan fingerprint density at radius 2 is 1.28 bits per heavy atom. The molecule has 78 heavy (non-hydrogen) atoms. The number of alkyl halides is 3. The standard InChI is InChI=1S/C70H68F3NO4/c1-6-8-10-11-45-12-14-46(15-13-45)47-16-18-48(19-17-47)49-20-22-51(23-21-49)67(75)74-56-32-24-50(25-33-56)52-26-39-63-62(43-52)64-59-38-31-55(70(71,72)73)44-61(59)66-60(65(64)68(63,3)4)40-41-69(78-66,53-27-34-57(76-5)35-28-53)54-29-36-58(37-30-54)77-42-9-7-2/h16-41,43-46H,6-15,42H2,1-5H3,(H,74,75)/t45-,46-,69?. The van der Waals surface area contributed by atoms with Gasteiger partial charge in [-0.25, -0.2) is 0 Å². The van der Waals surface area contributed by atoms with Crippen molar-refractivity contribution in [1.82, 2.24) is 0 Å². The predicted octanol–water partition coefficient (Wildman–Crippen LogP) is 19.1. The van der Waals surface area contributed by atoms with Crippen LogP contribution < -0.4 is 19.5 Å². The van der Waals surface area contributed by atoms with Gasteiger partial charge in [0.15, 0.2) is 5.60 Å². The number of nitrogens with one attached hydrogen (secondary N) is 1. The molecule has 3 aliphatic rings. The molecule has 1 atom stereocenters. The van der Waals surface area contributed by atoms with Crippen LogP contribution in [0, 0.1) is 5.92 Å². The van der Waals surface area contributed by atoms with E-state index in [4.69, 9.17) is 14.2 Å². The predicted molar refractivity (Wildman–Crippen MR) is 311 cm³/mol. The Balaban J connectivity index is 0.864. The summed E-state index contributed by atoms with van der Waals surface area (Å²) >= 11 is 0. The molecule has 0 aromatic heterocycles. The van der Waals surface area contributed by atoms with E-state index in [0.29, 0.717) is 46.0 Å². The van der Waals surface area contributed by atoms with E-state index in [1.54, 1.807) is 13.2 Å². The highest BCUT2D eigenvalue weighted by molar-refractivity contribution is 6.09. The zero-order valence-electron chi connectivity index (χ0n) is 45.4. The molecule has 0 saturated heterocycles. The summed E-state index contributed by atoms with van der Waals surface area (Å²) in [7, 11) is 1.61. The summed E-state index contributed by atoms with van der Waals surface area (Å²) in [6.07, 6.45) is 12.0. The molecule has 8 aromatic rings. The van der Waals surface area contributed by atoms with Crippen LogP contribution in [-0.4, -0.2) is 19.6 Å². The summed E-state index contributed by atoms with van der Waals surface area (Å²) in [5.41, 5.74) is 10.4. The molecule has 398 valence electrons. The minimum Gasteiger partial charge on any atom is -0.497 e. The van der Waals surface area contributed by atoms with Gasteiger partial charge in [-0.2, -0.15) is 13.2 Å². The molecule has 8 heteroatoms. The van der Waals surface area contributed by atoms with Gasteiger partial charge in [-0.1, -0.05) is 157 Å². The number of anilines is 1. The van der Waals surface area contributed by atoms with Gasteiger partial charge in [0.2, 0.25) is 0 Å². The van der Waals surface area contributed by atoms with Gasteiger partial charge in [0, 0.05) is 38.7 Å². The van der Waals surface area contributed by atoms with E-state index in [9.17, 15) is 18.0 Å². The van der Waals surface area contributed by atoms with Crippen molar-refractivity contribution in [3.63, 3.8) is 0 Å². The first-order valence-corrected chi connectivity index (χ1v) is 28.0. The summed E-state index contributed by atoms with van der Waals surface area (Å²) in [5, 5.41) is 4.13. The van der Waals surface area contributed by atoms with Crippen LogP contribution >= 0.6 is 0 Å². The average molecular weight is 1040 g/mol. The quantitative estimate of drug-likeness (QED) is 0.0980. The normalized spacial score (nSPS) is 18.2. The van der Waals surface area contributed by atoms with Gasteiger partial charge in [0.1, 0.15) is 17.2 Å². The number of methoxy groups -OCH3 is 1. The van der Waals surface area contributed by atoms with Crippen molar-refractivity contribution in [2.45, 2.75) is 115 Å². The molecule has 0 spiro atoms. The van der Waals surface area contributed by atoms with Gasteiger partial charge in [0.25, 0.3) is 5.91 Å². The fraction of sp³-hybridized carbons (Fsp3) is 0.300. The molecule has 1 amide bonds. The van der Waals surface area contributed by atoms with Gasteiger partial charge in [-0.15, -0.1) is 0 Å². The Labute approximate surface area is 457 Å². The fourth-order valence-electron chi connectivity index (χ4n) is 12.5. The second-order valence-electron chi connectivity index (χ2n) is 22.2. The molecule has 1 fully saturated rings. The summed E-state index contributed by atoms with van der Waals surface area (Å²) in [6.45, 7) is 9.34. The molecule has 1 aliphatic heterocycles. The van der Waals surface area contributed by atoms with E-state index < -0.39 is 22.8 Å². The Kier molecular flexibility index (Phi) is 14.6. The highest BCUT2D eigenvalue weighted by Gasteiger charge is 2.45. The summed E-state index contributed by atoms with van der Waals surface area (Å²) < 4.78 is 63.2. The summed E-state index contributed by atoms with van der Waals surface area (Å²) in [5.74, 6) is 3.12. The first-order valence-electron chi connectivity index (χ1n) is 28.0. The molecule has 1 heterocycles. The average Bonchev–Trinajstić information content (AvgIpc) is 3.81. The Bertz CT molecular complexity index is 3480. The zero-order valence-corrected chi connectivity index (χ0v) is 45.4. The number of amides is 1. The molecule has 8 aromatic carbocycles. The molecule has 11 rings (SSSR count). The molecule has 2 aliphatic carbocycles. The monoisotopic (exact) mass is 1040 g/mol. The number of carbonyl (C=O) groups is 1. The number of hydrogen-bond donors (Lipinski definition) is 1. The van der Waals surface area contributed by atoms with Crippen LogP contribution in [0.25, 0.3) is 50.2 Å². The van der Waals surface area contributed by atoms with E-state index in [2.05, 4.69) is 75.5 Å². The van der Waals surface area contributed by atoms with Gasteiger partial charge >= 0.3 is 6.18 Å². The van der Waals surface area contributed by atoms with E-state index in [-0.39, 0.29) is 5.91 Å². The Morgan fingerprint density at radius 3 is 1.92 bits per heavy atom. The molecule has 0 bridgehead atoms. The SMILES string of the molecule is CCCCC[C@H]1CC[C@H](c2ccc(-c3ccc(C(=O)Nc4ccc(-c5ccc6c(c5)-c5c(c7c(c8cc(C(F)(F)F)ccc58)OC(c5ccc(OC)cc5)(c5ccc(OCCCC)cc5)C=C7)C6(C)C)cc4)cc3)cc2)CC1. The number of carbonyl (C=O) groups excluding carboxylic acids is 1. The van der Waals surface area contributed by atoms with Crippen LogP contribution in [0.3, 0.4) is 0 Å². The molecule has 1 N–H and O–H groups in total. The maximum atomic E-state index is 14.8. The van der Waals surface area contributed by atoms with Gasteiger partial charge < -0.3 is 19.5 Å². The third kappa shape index (κ3) is 10.1. The number of fused-ring (bicyclic) bond motifs is 8. The third-order valence-corrected chi connectivity index (χ3v) is 16.9. The van der Waals surface area contributed by atoms with Crippen molar-refractivity contribution >= 4 is 28.4 Å². The van der Waals surface area contributed by atoms with Crippen molar-refractivity contribution in [3.8, 4) is 50.6 Å². The van der Waals surface area contributed by atoms with Gasteiger partial charge in [-0.3, -0.25) is 4.79 Å². The first kappa shape index (κ1) is 52.5. The van der Waals surface area contributed by atoms with E-state index >= 15 is 0 Å². The van der Waals surface area contributed by atoms with Crippen LogP contribution in [0.15, 0.2) is 164 Å². The van der Waals surface area contributed by atoms with Crippen molar-refractivity contribution in [1.29, 1.82) is 0 Å². The number of rotatable bonds is 16. The maximum Gasteiger partial charge on any atom is 0.416 e. The lowest BCUT2D eigenvalue weighted by Gasteiger charge is -2.38. The molecule has 1 saturated carbocycles. The van der Waals surface area contributed by atoms with Crippen molar-refractivity contribution in [2.24, 2.45) is 5.92 Å². The van der Waals surface area contributed by atoms with Crippen molar-refractivity contribution in [2.75, 3.05) is 19.0 Å². The number of halogens is 3. The van der Waals surface area contributed by atoms with Crippen LogP contribution in [-0.2, 0) is 17.2 Å². The molecule has 1 unspecified atom stereocenters. The lowest BCUT2D eigenvalue weighted by atomic mass is 9.76. The highest BCUT2D eigenvalue weighted by atomic mass is 19.4. The second kappa shape index (κ2) is 21.7. The minimum absolute atomic E-state index is 0.195. The zero-order chi connectivity index (χ0) is 54.2. The molecular weight excluding hydrogens is 976 g/mol. The van der Waals surface area contributed by atoms with Crippen molar-refractivity contribution < 1.29 is 32.2 Å². The van der Waals surface area contributed by atoms with E-state index in [1.165, 1.54) is 69.1 Å². The lowest BCUT2D eigenvalue weighted by molar-refractivity contribution is -0.137. The molecular formula is C70H68F3NO4. The third-order valence-electron chi connectivity index (χ3n) is 16.9. The highest BCUT2D eigenvalue weighted by Crippen LogP contribution is 2.59. The lowest BCUT2D eigenvalue weighted by Crippen LogP contribution is -2.35.